The fourth-order valence-corrected chi connectivity index (χ4v) is 2.74. The van der Waals surface area contributed by atoms with Crippen molar-refractivity contribution < 1.29 is 14.3 Å². The topological polar surface area (TPSA) is 66.0 Å². The van der Waals surface area contributed by atoms with Crippen molar-refractivity contribution in [2.45, 2.75) is 12.6 Å². The molecular weight excluding hydrogens is 272 g/mol. The zero-order chi connectivity index (χ0) is 15.0. The van der Waals surface area contributed by atoms with E-state index in [2.05, 4.69) is 4.98 Å². The van der Waals surface area contributed by atoms with Crippen LogP contribution in [0.4, 0.5) is 10.6 Å². The molecule has 1 atom stereocenters. The van der Waals surface area contributed by atoms with Gasteiger partial charge in [-0.15, -0.1) is 0 Å². The Balaban J connectivity index is 1.85. The van der Waals surface area contributed by atoms with Gasteiger partial charge in [-0.05, 0) is 6.07 Å². The molecule has 0 saturated carbocycles. The van der Waals surface area contributed by atoms with Crippen LogP contribution in [0.5, 0.6) is 0 Å². The van der Waals surface area contributed by atoms with Crippen LogP contribution in [0.1, 0.15) is 5.56 Å². The van der Waals surface area contributed by atoms with Gasteiger partial charge in [-0.1, -0.05) is 6.07 Å². The molecule has 2 aliphatic rings. The summed E-state index contributed by atoms with van der Waals surface area (Å²) in [5, 5.41) is 0. The number of morpholine rings is 1. The summed E-state index contributed by atoms with van der Waals surface area (Å²) >= 11 is 0. The van der Waals surface area contributed by atoms with E-state index in [4.69, 9.17) is 4.74 Å². The summed E-state index contributed by atoms with van der Waals surface area (Å²) in [5.74, 6) is 0.576. The number of imide groups is 1. The molecule has 0 aromatic carbocycles. The summed E-state index contributed by atoms with van der Waals surface area (Å²) in [6, 6.07) is 2.99. The second kappa shape index (κ2) is 5.33. The molecule has 0 N–H and O–H groups in total. The van der Waals surface area contributed by atoms with Crippen LogP contribution in [0, 0.1) is 0 Å². The van der Waals surface area contributed by atoms with Gasteiger partial charge in [0.05, 0.1) is 19.8 Å². The zero-order valence-electron chi connectivity index (χ0n) is 12.2. The second-order valence-electron chi connectivity index (χ2n) is 5.37. The van der Waals surface area contributed by atoms with Crippen LogP contribution in [0.2, 0.25) is 0 Å². The van der Waals surface area contributed by atoms with E-state index in [1.165, 1.54) is 4.90 Å². The molecule has 0 bridgehead atoms. The molecule has 3 amide bonds. The van der Waals surface area contributed by atoms with Crippen molar-refractivity contribution in [3.05, 3.63) is 23.9 Å². The summed E-state index contributed by atoms with van der Waals surface area (Å²) < 4.78 is 5.30. The van der Waals surface area contributed by atoms with Crippen LogP contribution in [0.15, 0.2) is 18.3 Å². The minimum atomic E-state index is -0.467. The number of pyridine rings is 1. The Labute approximate surface area is 123 Å². The maximum absolute atomic E-state index is 12.4. The fraction of sp³-hybridized carbons (Fsp3) is 0.500. The summed E-state index contributed by atoms with van der Waals surface area (Å²) in [6.07, 6.45) is 1.70. The van der Waals surface area contributed by atoms with Crippen molar-refractivity contribution in [3.8, 4) is 0 Å². The van der Waals surface area contributed by atoms with E-state index in [1.54, 1.807) is 11.1 Å². The number of urea groups is 1. The Bertz CT molecular complexity index is 551. The average Bonchev–Trinajstić information content (AvgIpc) is 2.73. The molecule has 1 aromatic heterocycles. The summed E-state index contributed by atoms with van der Waals surface area (Å²) in [6.45, 7) is 1.49. The molecule has 2 fully saturated rings. The third kappa shape index (κ3) is 2.33. The van der Waals surface area contributed by atoms with Gasteiger partial charge in [0.15, 0.2) is 0 Å². The highest BCUT2D eigenvalue weighted by molar-refractivity contribution is 6.04. The highest BCUT2D eigenvalue weighted by Crippen LogP contribution is 2.25. The summed E-state index contributed by atoms with van der Waals surface area (Å²) in [5.41, 5.74) is 0.852. The number of hydrogen-bond donors (Lipinski definition) is 0. The number of amides is 3. The standard InChI is InChI=1S/C14H18N4O3/c1-16(2)12-10(4-3-5-15-12)8-18-13(19)11-9-21-7-6-17(11)14(18)20/h3-5,11H,6-9H2,1-2H3. The third-order valence-electron chi connectivity index (χ3n) is 3.78. The SMILES string of the molecule is CN(C)c1ncccc1CN1C(=O)C2COCCN2C1=O. The van der Waals surface area contributed by atoms with E-state index in [-0.39, 0.29) is 25.1 Å². The number of carbonyl (C=O) groups excluding carboxylic acids is 2. The normalized spacial score (nSPS) is 21.7. The molecule has 7 heteroatoms. The van der Waals surface area contributed by atoms with Crippen molar-refractivity contribution in [1.82, 2.24) is 14.8 Å². The Morgan fingerprint density at radius 3 is 2.95 bits per heavy atom. The fourth-order valence-electron chi connectivity index (χ4n) is 2.74. The number of aromatic nitrogens is 1. The van der Waals surface area contributed by atoms with Gasteiger partial charge in [0, 0.05) is 32.4 Å². The predicted octanol–water partition coefficient (Wildman–Crippen LogP) is 0.311. The molecule has 3 rings (SSSR count). The summed E-state index contributed by atoms with van der Waals surface area (Å²) in [7, 11) is 3.77. The predicted molar refractivity (Wildman–Crippen MR) is 75.8 cm³/mol. The van der Waals surface area contributed by atoms with Crippen LogP contribution >= 0.6 is 0 Å². The Kier molecular flexibility index (Phi) is 3.50. The van der Waals surface area contributed by atoms with Crippen LogP contribution < -0.4 is 4.90 Å². The highest BCUT2D eigenvalue weighted by atomic mass is 16.5. The smallest absolute Gasteiger partial charge is 0.327 e. The molecule has 21 heavy (non-hydrogen) atoms. The first-order valence-corrected chi connectivity index (χ1v) is 6.90. The van der Waals surface area contributed by atoms with E-state index in [1.807, 2.05) is 31.1 Å². The van der Waals surface area contributed by atoms with Gasteiger partial charge in [-0.3, -0.25) is 9.69 Å². The Morgan fingerprint density at radius 2 is 2.24 bits per heavy atom. The maximum Gasteiger partial charge on any atom is 0.327 e. The molecule has 3 heterocycles. The molecule has 2 saturated heterocycles. The van der Waals surface area contributed by atoms with E-state index in [9.17, 15) is 9.59 Å². The van der Waals surface area contributed by atoms with Gasteiger partial charge in [0.2, 0.25) is 0 Å². The van der Waals surface area contributed by atoms with Gasteiger partial charge in [0.25, 0.3) is 5.91 Å². The highest BCUT2D eigenvalue weighted by Gasteiger charge is 2.46. The first kappa shape index (κ1) is 13.8. The Hall–Kier alpha value is -2.15. The third-order valence-corrected chi connectivity index (χ3v) is 3.78. The number of carbonyl (C=O) groups is 2. The van der Waals surface area contributed by atoms with Crippen LogP contribution in [-0.2, 0) is 16.1 Å². The number of fused-ring (bicyclic) bond motifs is 1. The van der Waals surface area contributed by atoms with Crippen molar-refractivity contribution in [3.63, 3.8) is 0 Å². The van der Waals surface area contributed by atoms with E-state index < -0.39 is 6.04 Å². The molecule has 2 aliphatic heterocycles. The minimum Gasteiger partial charge on any atom is -0.377 e. The van der Waals surface area contributed by atoms with Gasteiger partial charge >= 0.3 is 6.03 Å². The number of anilines is 1. The second-order valence-corrected chi connectivity index (χ2v) is 5.37. The lowest BCUT2D eigenvalue weighted by Gasteiger charge is -2.26. The van der Waals surface area contributed by atoms with E-state index >= 15 is 0 Å². The molecular formula is C14H18N4O3. The van der Waals surface area contributed by atoms with Crippen LogP contribution in [-0.4, -0.2) is 66.6 Å². The number of ether oxygens (including phenoxy) is 1. The molecule has 1 unspecified atom stereocenters. The minimum absolute atomic E-state index is 0.187. The molecule has 0 aliphatic carbocycles. The van der Waals surface area contributed by atoms with Crippen molar-refractivity contribution >= 4 is 17.8 Å². The summed E-state index contributed by atoms with van der Waals surface area (Å²) in [4.78, 5) is 33.8. The van der Waals surface area contributed by atoms with Gasteiger partial charge in [-0.2, -0.15) is 0 Å². The van der Waals surface area contributed by atoms with Gasteiger partial charge in [-0.25, -0.2) is 9.78 Å². The van der Waals surface area contributed by atoms with Crippen molar-refractivity contribution in [1.29, 1.82) is 0 Å². The van der Waals surface area contributed by atoms with E-state index in [0.717, 1.165) is 11.4 Å². The van der Waals surface area contributed by atoms with Gasteiger partial charge in [0.1, 0.15) is 11.9 Å². The lowest BCUT2D eigenvalue weighted by Crippen LogP contribution is -2.45. The zero-order valence-corrected chi connectivity index (χ0v) is 12.2. The van der Waals surface area contributed by atoms with E-state index in [0.29, 0.717) is 13.2 Å². The molecule has 0 spiro atoms. The molecule has 0 radical (unpaired) electrons. The Morgan fingerprint density at radius 1 is 1.43 bits per heavy atom. The first-order chi connectivity index (χ1) is 10.1. The maximum atomic E-state index is 12.4. The van der Waals surface area contributed by atoms with Gasteiger partial charge < -0.3 is 14.5 Å². The lowest BCUT2D eigenvalue weighted by atomic mass is 10.2. The lowest BCUT2D eigenvalue weighted by molar-refractivity contribution is -0.131. The van der Waals surface area contributed by atoms with Crippen LogP contribution in [0.3, 0.4) is 0 Å². The quantitative estimate of drug-likeness (QED) is 0.750. The molecule has 112 valence electrons. The molecule has 1 aromatic rings. The first-order valence-electron chi connectivity index (χ1n) is 6.90. The average molecular weight is 290 g/mol. The monoisotopic (exact) mass is 290 g/mol. The number of hydrogen-bond acceptors (Lipinski definition) is 5. The van der Waals surface area contributed by atoms with Crippen LogP contribution in [0.25, 0.3) is 0 Å². The largest absolute Gasteiger partial charge is 0.377 e. The number of rotatable bonds is 3. The molecule has 7 nitrogen and oxygen atoms in total. The van der Waals surface area contributed by atoms with Crippen molar-refractivity contribution in [2.24, 2.45) is 0 Å². The number of nitrogens with zero attached hydrogens (tertiary/aromatic N) is 4. The van der Waals surface area contributed by atoms with Crippen molar-refractivity contribution in [2.75, 3.05) is 38.8 Å².